The summed E-state index contributed by atoms with van der Waals surface area (Å²) < 4.78 is 1.41. The van der Waals surface area contributed by atoms with Crippen LogP contribution in [-0.4, -0.2) is 42.9 Å². The third-order valence-electron chi connectivity index (χ3n) is 2.60. The fourth-order valence-electron chi connectivity index (χ4n) is 2.27. The molecule has 0 aromatic rings. The maximum Gasteiger partial charge on any atom is 0.140 e. The van der Waals surface area contributed by atoms with E-state index < -0.39 is 0 Å². The van der Waals surface area contributed by atoms with Gasteiger partial charge in [0.05, 0.1) is 13.1 Å². The number of nitrogens with zero attached hydrogens (tertiary/aromatic N) is 2. The second-order valence-corrected chi connectivity index (χ2v) is 3.63. The SMILES string of the molecule is CN1C[N+]2(CCCC2)C1. The summed E-state index contributed by atoms with van der Waals surface area (Å²) in [5.41, 5.74) is 0. The molecule has 0 atom stereocenters. The molecule has 9 heavy (non-hydrogen) atoms. The summed E-state index contributed by atoms with van der Waals surface area (Å²) >= 11 is 0. The second-order valence-electron chi connectivity index (χ2n) is 3.63. The van der Waals surface area contributed by atoms with Crippen LogP contribution in [0.25, 0.3) is 0 Å². The van der Waals surface area contributed by atoms with Crippen LogP contribution in [0.2, 0.25) is 0 Å². The van der Waals surface area contributed by atoms with Gasteiger partial charge in [0, 0.05) is 12.8 Å². The van der Waals surface area contributed by atoms with Crippen LogP contribution in [-0.2, 0) is 0 Å². The molecule has 1 spiro atoms. The molecule has 0 radical (unpaired) electrons. The van der Waals surface area contributed by atoms with Crippen molar-refractivity contribution in [1.82, 2.24) is 4.90 Å². The van der Waals surface area contributed by atoms with Gasteiger partial charge in [-0.05, 0) is 7.05 Å². The van der Waals surface area contributed by atoms with Gasteiger partial charge in [-0.1, -0.05) is 0 Å². The third kappa shape index (κ3) is 0.775. The van der Waals surface area contributed by atoms with Gasteiger partial charge in [0.15, 0.2) is 0 Å². The van der Waals surface area contributed by atoms with Crippen molar-refractivity contribution in [2.24, 2.45) is 0 Å². The monoisotopic (exact) mass is 127 g/mol. The van der Waals surface area contributed by atoms with E-state index in [2.05, 4.69) is 11.9 Å². The average Bonchev–Trinajstić information content (AvgIpc) is 2.12. The second kappa shape index (κ2) is 1.70. The van der Waals surface area contributed by atoms with Crippen molar-refractivity contribution >= 4 is 0 Å². The normalized spacial score (nSPS) is 33.0. The highest BCUT2D eigenvalue weighted by Crippen LogP contribution is 2.26. The summed E-state index contributed by atoms with van der Waals surface area (Å²) in [6, 6.07) is 0. The first kappa shape index (κ1) is 5.69. The first-order valence-electron chi connectivity index (χ1n) is 3.84. The van der Waals surface area contributed by atoms with Crippen molar-refractivity contribution in [3.05, 3.63) is 0 Å². The summed E-state index contributed by atoms with van der Waals surface area (Å²) in [4.78, 5) is 2.41. The molecule has 2 aliphatic rings. The zero-order valence-electron chi connectivity index (χ0n) is 6.14. The largest absolute Gasteiger partial charge is 0.298 e. The summed E-state index contributed by atoms with van der Waals surface area (Å²) in [6.45, 7) is 5.54. The van der Waals surface area contributed by atoms with E-state index in [1.807, 2.05) is 0 Å². The van der Waals surface area contributed by atoms with Crippen LogP contribution in [0.1, 0.15) is 12.8 Å². The Balaban J connectivity index is 1.95. The Kier molecular flexibility index (Phi) is 1.08. The van der Waals surface area contributed by atoms with Gasteiger partial charge in [-0.15, -0.1) is 0 Å². The molecule has 2 aliphatic heterocycles. The van der Waals surface area contributed by atoms with Crippen LogP contribution in [0.5, 0.6) is 0 Å². The topological polar surface area (TPSA) is 3.24 Å². The van der Waals surface area contributed by atoms with Gasteiger partial charge in [-0.2, -0.15) is 0 Å². The van der Waals surface area contributed by atoms with Crippen LogP contribution in [0.15, 0.2) is 0 Å². The fraction of sp³-hybridized carbons (Fsp3) is 1.00. The molecule has 2 rings (SSSR count). The van der Waals surface area contributed by atoms with Gasteiger partial charge >= 0.3 is 0 Å². The Labute approximate surface area is 56.6 Å². The van der Waals surface area contributed by atoms with Crippen molar-refractivity contribution in [1.29, 1.82) is 0 Å². The van der Waals surface area contributed by atoms with Gasteiger partial charge in [0.2, 0.25) is 0 Å². The molecule has 2 fully saturated rings. The van der Waals surface area contributed by atoms with Crippen molar-refractivity contribution in [3.63, 3.8) is 0 Å². The summed E-state index contributed by atoms with van der Waals surface area (Å²) in [5.74, 6) is 0. The van der Waals surface area contributed by atoms with Gasteiger partial charge in [-0.3, -0.25) is 4.48 Å². The number of hydrogen-bond acceptors (Lipinski definition) is 1. The Morgan fingerprint density at radius 1 is 1.11 bits per heavy atom. The first-order valence-corrected chi connectivity index (χ1v) is 3.84. The van der Waals surface area contributed by atoms with Crippen molar-refractivity contribution in [3.8, 4) is 0 Å². The maximum atomic E-state index is 2.41. The highest BCUT2D eigenvalue weighted by Gasteiger charge is 2.41. The molecule has 0 unspecified atom stereocenters. The van der Waals surface area contributed by atoms with E-state index >= 15 is 0 Å². The van der Waals surface area contributed by atoms with Crippen molar-refractivity contribution in [2.45, 2.75) is 12.8 Å². The molecule has 0 aliphatic carbocycles. The van der Waals surface area contributed by atoms with Gasteiger partial charge in [0.1, 0.15) is 13.3 Å². The van der Waals surface area contributed by atoms with Crippen molar-refractivity contribution < 1.29 is 4.48 Å². The van der Waals surface area contributed by atoms with E-state index in [1.54, 1.807) is 0 Å². The molecule has 0 amide bonds. The summed E-state index contributed by atoms with van der Waals surface area (Å²) in [6.07, 6.45) is 2.93. The smallest absolute Gasteiger partial charge is 0.140 e. The lowest BCUT2D eigenvalue weighted by atomic mass is 10.4. The van der Waals surface area contributed by atoms with E-state index in [9.17, 15) is 0 Å². The fourth-order valence-corrected chi connectivity index (χ4v) is 2.27. The van der Waals surface area contributed by atoms with Gasteiger partial charge in [-0.25, -0.2) is 4.90 Å². The minimum absolute atomic E-state index is 1.32. The standard InChI is InChI=1S/C7H15N2/c1-8-6-9(7-8)4-2-3-5-9/h2-7H2,1H3/q+1. The van der Waals surface area contributed by atoms with Crippen LogP contribution in [0.4, 0.5) is 0 Å². The molecule has 52 valence electrons. The van der Waals surface area contributed by atoms with E-state index in [-0.39, 0.29) is 0 Å². The minimum Gasteiger partial charge on any atom is -0.298 e. The molecule has 0 saturated carbocycles. The predicted octanol–water partition coefficient (Wildman–Crippen LogP) is 0.457. The van der Waals surface area contributed by atoms with E-state index in [4.69, 9.17) is 0 Å². The predicted molar refractivity (Wildman–Crippen MR) is 36.7 cm³/mol. The molecule has 2 saturated heterocycles. The number of quaternary nitrogens is 1. The molecular formula is C7H15N2+. The first-order chi connectivity index (χ1) is 4.31. The third-order valence-corrected chi connectivity index (χ3v) is 2.60. The molecular weight excluding hydrogens is 112 g/mol. The Morgan fingerprint density at radius 3 is 2.11 bits per heavy atom. The summed E-state index contributed by atoms with van der Waals surface area (Å²) in [5, 5.41) is 0. The average molecular weight is 127 g/mol. The zero-order chi connectivity index (χ0) is 6.32. The number of hydrogen-bond donors (Lipinski definition) is 0. The minimum atomic E-state index is 1.32. The molecule has 0 aromatic carbocycles. The Morgan fingerprint density at radius 2 is 1.67 bits per heavy atom. The molecule has 2 heterocycles. The lowest BCUT2D eigenvalue weighted by Crippen LogP contribution is -2.66. The van der Waals surface area contributed by atoms with Crippen LogP contribution >= 0.6 is 0 Å². The summed E-state index contributed by atoms with van der Waals surface area (Å²) in [7, 11) is 2.21. The van der Waals surface area contributed by atoms with E-state index in [1.165, 1.54) is 43.8 Å². The van der Waals surface area contributed by atoms with Crippen molar-refractivity contribution in [2.75, 3.05) is 33.5 Å². The Hall–Kier alpha value is -0.0800. The van der Waals surface area contributed by atoms with Crippen LogP contribution < -0.4 is 0 Å². The van der Waals surface area contributed by atoms with Crippen LogP contribution in [0.3, 0.4) is 0 Å². The maximum absolute atomic E-state index is 2.41. The Bertz CT molecular complexity index is 108. The molecule has 0 N–H and O–H groups in total. The highest BCUT2D eigenvalue weighted by molar-refractivity contribution is 4.60. The highest BCUT2D eigenvalue weighted by atomic mass is 15.6. The lowest BCUT2D eigenvalue weighted by Gasteiger charge is -2.48. The molecule has 2 nitrogen and oxygen atoms in total. The van der Waals surface area contributed by atoms with Crippen LogP contribution in [0, 0.1) is 0 Å². The molecule has 2 heteroatoms. The zero-order valence-corrected chi connectivity index (χ0v) is 6.14. The quantitative estimate of drug-likeness (QED) is 0.427. The van der Waals surface area contributed by atoms with Gasteiger partial charge < -0.3 is 0 Å². The van der Waals surface area contributed by atoms with E-state index in [0.29, 0.717) is 0 Å². The van der Waals surface area contributed by atoms with E-state index in [0.717, 1.165) is 0 Å². The number of rotatable bonds is 0. The lowest BCUT2D eigenvalue weighted by molar-refractivity contribution is -0.984. The molecule has 0 aromatic heterocycles. The molecule has 0 bridgehead atoms. The van der Waals surface area contributed by atoms with Gasteiger partial charge in [0.25, 0.3) is 0 Å².